The zero-order valence-corrected chi connectivity index (χ0v) is 12.5. The van der Waals surface area contributed by atoms with Crippen LogP contribution in [0.3, 0.4) is 0 Å². The third-order valence-electron chi connectivity index (χ3n) is 3.67. The highest BCUT2D eigenvalue weighted by atomic mass is 16.4. The summed E-state index contributed by atoms with van der Waals surface area (Å²) in [5, 5.41) is 12.6. The van der Waals surface area contributed by atoms with E-state index in [0.29, 0.717) is 5.56 Å². The Bertz CT molecular complexity index is 608. The predicted octanol–water partition coefficient (Wildman–Crippen LogP) is 4.13. The molecular formula is C18H21NO2. The first-order valence-electron chi connectivity index (χ1n) is 7.21. The molecule has 2 N–H and O–H groups in total. The van der Waals surface area contributed by atoms with Gasteiger partial charge in [-0.3, -0.25) is 0 Å². The monoisotopic (exact) mass is 283 g/mol. The Morgan fingerprint density at radius 1 is 1.14 bits per heavy atom. The van der Waals surface area contributed by atoms with Gasteiger partial charge in [-0.05, 0) is 49.9 Å². The van der Waals surface area contributed by atoms with Gasteiger partial charge in [0, 0.05) is 11.7 Å². The van der Waals surface area contributed by atoms with Gasteiger partial charge in [-0.1, -0.05) is 36.4 Å². The molecule has 0 aliphatic carbocycles. The molecule has 1 atom stereocenters. The van der Waals surface area contributed by atoms with Crippen molar-refractivity contribution in [3.8, 4) is 0 Å². The van der Waals surface area contributed by atoms with Crippen LogP contribution in [0.4, 0.5) is 5.69 Å². The molecule has 2 aromatic carbocycles. The van der Waals surface area contributed by atoms with Crippen LogP contribution in [-0.2, 0) is 6.42 Å². The fourth-order valence-electron chi connectivity index (χ4n) is 2.39. The molecule has 3 heteroatoms. The van der Waals surface area contributed by atoms with Gasteiger partial charge in [0.15, 0.2) is 0 Å². The summed E-state index contributed by atoms with van der Waals surface area (Å²) in [6.45, 7) is 3.96. The number of carboxylic acid groups (broad SMARTS) is 1. The van der Waals surface area contributed by atoms with E-state index in [4.69, 9.17) is 5.11 Å². The molecule has 0 fully saturated rings. The second-order valence-electron chi connectivity index (χ2n) is 5.35. The fraction of sp³-hybridized carbons (Fsp3) is 0.278. The maximum Gasteiger partial charge on any atom is 0.336 e. The van der Waals surface area contributed by atoms with Crippen LogP contribution < -0.4 is 5.32 Å². The van der Waals surface area contributed by atoms with Crippen molar-refractivity contribution >= 4 is 11.7 Å². The Labute approximate surface area is 125 Å². The largest absolute Gasteiger partial charge is 0.478 e. The van der Waals surface area contributed by atoms with E-state index < -0.39 is 5.97 Å². The lowest BCUT2D eigenvalue weighted by atomic mass is 10.0. The third kappa shape index (κ3) is 4.09. The molecule has 0 saturated carbocycles. The minimum absolute atomic E-state index is 0.285. The first-order chi connectivity index (χ1) is 10.1. The molecule has 110 valence electrons. The number of benzene rings is 2. The Morgan fingerprint density at radius 2 is 1.86 bits per heavy atom. The third-order valence-corrected chi connectivity index (χ3v) is 3.67. The molecule has 2 aromatic rings. The molecule has 0 heterocycles. The SMILES string of the molecule is Cc1c(NC(C)CCc2ccccc2)cccc1C(=O)O. The van der Waals surface area contributed by atoms with E-state index in [1.54, 1.807) is 12.1 Å². The minimum atomic E-state index is -0.881. The van der Waals surface area contributed by atoms with Crippen molar-refractivity contribution in [2.75, 3.05) is 5.32 Å². The molecular weight excluding hydrogens is 262 g/mol. The van der Waals surface area contributed by atoms with Crippen LogP contribution in [-0.4, -0.2) is 17.1 Å². The molecule has 0 saturated heterocycles. The number of rotatable bonds is 6. The standard InChI is InChI=1S/C18H21NO2/c1-13(11-12-15-7-4-3-5-8-15)19-17-10-6-9-16(14(17)2)18(20)21/h3-10,13,19H,11-12H2,1-2H3,(H,20,21). The zero-order valence-electron chi connectivity index (χ0n) is 12.5. The maximum absolute atomic E-state index is 11.1. The summed E-state index contributed by atoms with van der Waals surface area (Å²) in [7, 11) is 0. The van der Waals surface area contributed by atoms with Crippen LogP contribution >= 0.6 is 0 Å². The molecule has 0 aromatic heterocycles. The summed E-state index contributed by atoms with van der Waals surface area (Å²) >= 11 is 0. The predicted molar refractivity (Wildman–Crippen MR) is 86.0 cm³/mol. The first kappa shape index (κ1) is 15.1. The van der Waals surface area contributed by atoms with E-state index in [0.717, 1.165) is 24.1 Å². The lowest BCUT2D eigenvalue weighted by molar-refractivity contribution is 0.0696. The van der Waals surface area contributed by atoms with Gasteiger partial charge in [0.1, 0.15) is 0 Å². The number of aromatic carboxylic acids is 1. The molecule has 0 bridgehead atoms. The van der Waals surface area contributed by atoms with Crippen LogP contribution in [0.15, 0.2) is 48.5 Å². The van der Waals surface area contributed by atoms with Gasteiger partial charge in [0.2, 0.25) is 0 Å². The summed E-state index contributed by atoms with van der Waals surface area (Å²) in [5.41, 5.74) is 3.37. The van der Waals surface area contributed by atoms with Gasteiger partial charge in [-0.25, -0.2) is 4.79 Å². The highest BCUT2D eigenvalue weighted by molar-refractivity contribution is 5.91. The Morgan fingerprint density at radius 3 is 2.52 bits per heavy atom. The Kier molecular flexibility index (Phi) is 4.99. The average Bonchev–Trinajstić information content (AvgIpc) is 2.48. The molecule has 0 spiro atoms. The topological polar surface area (TPSA) is 49.3 Å². The molecule has 3 nitrogen and oxygen atoms in total. The number of anilines is 1. The maximum atomic E-state index is 11.1. The number of hydrogen-bond donors (Lipinski definition) is 2. The van der Waals surface area contributed by atoms with E-state index in [1.807, 2.05) is 31.2 Å². The van der Waals surface area contributed by atoms with Crippen LogP contribution in [0.2, 0.25) is 0 Å². The van der Waals surface area contributed by atoms with Crippen molar-refractivity contribution < 1.29 is 9.90 Å². The number of hydrogen-bond acceptors (Lipinski definition) is 2. The molecule has 2 rings (SSSR count). The number of nitrogens with one attached hydrogen (secondary N) is 1. The molecule has 1 unspecified atom stereocenters. The summed E-state index contributed by atoms with van der Waals surface area (Å²) < 4.78 is 0. The van der Waals surface area contributed by atoms with Crippen molar-refractivity contribution in [1.29, 1.82) is 0 Å². The number of carboxylic acids is 1. The average molecular weight is 283 g/mol. The fourth-order valence-corrected chi connectivity index (χ4v) is 2.39. The molecule has 0 aliphatic heterocycles. The number of carbonyl (C=O) groups is 1. The van der Waals surface area contributed by atoms with Crippen LogP contribution in [0, 0.1) is 6.92 Å². The Balaban J connectivity index is 1.98. The number of aryl methyl sites for hydroxylation is 1. The van der Waals surface area contributed by atoms with Gasteiger partial charge in [-0.2, -0.15) is 0 Å². The van der Waals surface area contributed by atoms with Gasteiger partial charge < -0.3 is 10.4 Å². The van der Waals surface area contributed by atoms with E-state index in [-0.39, 0.29) is 6.04 Å². The second-order valence-corrected chi connectivity index (χ2v) is 5.35. The summed E-state index contributed by atoms with van der Waals surface area (Å²) in [4.78, 5) is 11.1. The summed E-state index contributed by atoms with van der Waals surface area (Å²) in [5.74, 6) is -0.881. The minimum Gasteiger partial charge on any atom is -0.478 e. The lowest BCUT2D eigenvalue weighted by Gasteiger charge is -2.18. The van der Waals surface area contributed by atoms with Gasteiger partial charge in [0.25, 0.3) is 0 Å². The van der Waals surface area contributed by atoms with Gasteiger partial charge in [-0.15, -0.1) is 0 Å². The lowest BCUT2D eigenvalue weighted by Crippen LogP contribution is -2.17. The molecule has 0 radical (unpaired) electrons. The molecule has 0 aliphatic rings. The van der Waals surface area contributed by atoms with Crippen LogP contribution in [0.1, 0.15) is 34.8 Å². The van der Waals surface area contributed by atoms with Gasteiger partial charge in [0.05, 0.1) is 5.56 Å². The van der Waals surface area contributed by atoms with E-state index in [9.17, 15) is 4.79 Å². The van der Waals surface area contributed by atoms with Gasteiger partial charge >= 0.3 is 5.97 Å². The summed E-state index contributed by atoms with van der Waals surface area (Å²) in [6, 6.07) is 16.0. The second kappa shape index (κ2) is 6.93. The van der Waals surface area contributed by atoms with E-state index >= 15 is 0 Å². The molecule has 21 heavy (non-hydrogen) atoms. The van der Waals surface area contributed by atoms with Crippen LogP contribution in [0.5, 0.6) is 0 Å². The van der Waals surface area contributed by atoms with Crippen molar-refractivity contribution in [3.05, 3.63) is 65.2 Å². The smallest absolute Gasteiger partial charge is 0.336 e. The van der Waals surface area contributed by atoms with Crippen LogP contribution in [0.25, 0.3) is 0 Å². The highest BCUT2D eigenvalue weighted by Gasteiger charge is 2.11. The van der Waals surface area contributed by atoms with Crippen molar-refractivity contribution in [1.82, 2.24) is 0 Å². The van der Waals surface area contributed by atoms with E-state index in [1.165, 1.54) is 5.56 Å². The van der Waals surface area contributed by atoms with Crippen molar-refractivity contribution in [2.24, 2.45) is 0 Å². The zero-order chi connectivity index (χ0) is 15.2. The quantitative estimate of drug-likeness (QED) is 0.838. The summed E-state index contributed by atoms with van der Waals surface area (Å²) in [6.07, 6.45) is 2.01. The molecule has 0 amide bonds. The van der Waals surface area contributed by atoms with Crippen molar-refractivity contribution in [2.45, 2.75) is 32.7 Å². The highest BCUT2D eigenvalue weighted by Crippen LogP contribution is 2.20. The van der Waals surface area contributed by atoms with E-state index in [2.05, 4.69) is 24.4 Å². The Hall–Kier alpha value is -2.29. The van der Waals surface area contributed by atoms with Crippen molar-refractivity contribution in [3.63, 3.8) is 0 Å². The normalized spacial score (nSPS) is 11.9. The first-order valence-corrected chi connectivity index (χ1v) is 7.21.